The van der Waals surface area contributed by atoms with Gasteiger partial charge in [0.05, 0.1) is 22.8 Å². The number of rotatable bonds is 2. The van der Waals surface area contributed by atoms with Crippen LogP contribution in [0.15, 0.2) is 34.8 Å². The number of ether oxygens (including phenoxy) is 1. The van der Waals surface area contributed by atoms with Crippen molar-refractivity contribution in [2.24, 2.45) is 0 Å². The number of aromatic nitrogens is 2. The van der Waals surface area contributed by atoms with E-state index in [1.54, 1.807) is 22.8 Å². The Labute approximate surface area is 132 Å². The van der Waals surface area contributed by atoms with Crippen molar-refractivity contribution in [3.05, 3.63) is 51.2 Å². The van der Waals surface area contributed by atoms with Gasteiger partial charge in [0.25, 0.3) is 0 Å². The van der Waals surface area contributed by atoms with Gasteiger partial charge in [0.2, 0.25) is 0 Å². The fraction of sp³-hybridized carbons (Fsp3) is 0.0714. The molecule has 7 heteroatoms. The van der Waals surface area contributed by atoms with Gasteiger partial charge in [0.15, 0.2) is 10.6 Å². The fourth-order valence-corrected chi connectivity index (χ4v) is 2.89. The second kappa shape index (κ2) is 5.23. The molecule has 2 aromatic carbocycles. The molecule has 0 unspecified atom stereocenters. The molecule has 3 rings (SSSR count). The van der Waals surface area contributed by atoms with Gasteiger partial charge >= 0.3 is 0 Å². The number of imidazole rings is 1. The predicted molar refractivity (Wildman–Crippen MR) is 82.6 cm³/mol. The van der Waals surface area contributed by atoms with Gasteiger partial charge in [-0.3, -0.25) is 4.57 Å². The molecule has 1 heterocycles. The van der Waals surface area contributed by atoms with Crippen LogP contribution in [-0.4, -0.2) is 16.7 Å². The molecule has 0 saturated carbocycles. The molecule has 0 aliphatic heterocycles. The van der Waals surface area contributed by atoms with Crippen molar-refractivity contribution < 1.29 is 13.5 Å². The third-order valence-corrected chi connectivity index (χ3v) is 4.04. The smallest absolute Gasteiger partial charge is 0.182 e. The number of hydrogen-bond donors (Lipinski definition) is 1. The van der Waals surface area contributed by atoms with E-state index in [1.165, 1.54) is 13.2 Å². The van der Waals surface area contributed by atoms with E-state index in [0.29, 0.717) is 17.0 Å². The molecule has 0 spiro atoms. The highest BCUT2D eigenvalue weighted by Crippen LogP contribution is 2.30. The molecule has 3 aromatic rings. The standard InChI is InChI=1S/C14H9BrF2N2OS/c1-20-12-6-8(2-3-9(12)15)19-11-5-7(16)4-10(17)13(11)18-14(19)21/h2-6H,1H3,(H,18,21). The van der Waals surface area contributed by atoms with Crippen molar-refractivity contribution in [3.8, 4) is 11.4 Å². The van der Waals surface area contributed by atoms with Crippen LogP contribution >= 0.6 is 28.1 Å². The molecule has 0 bridgehead atoms. The van der Waals surface area contributed by atoms with E-state index in [4.69, 9.17) is 17.0 Å². The van der Waals surface area contributed by atoms with Gasteiger partial charge in [-0.1, -0.05) is 0 Å². The molecule has 0 saturated heterocycles. The molecule has 108 valence electrons. The maximum absolute atomic E-state index is 13.8. The van der Waals surface area contributed by atoms with Gasteiger partial charge < -0.3 is 9.72 Å². The minimum Gasteiger partial charge on any atom is -0.495 e. The number of benzene rings is 2. The number of fused-ring (bicyclic) bond motifs is 1. The average Bonchev–Trinajstić information content (AvgIpc) is 2.76. The SMILES string of the molecule is COc1cc(-n2c(=S)[nH]c3c(F)cc(F)cc32)ccc1Br. The Morgan fingerprint density at radius 3 is 2.71 bits per heavy atom. The van der Waals surface area contributed by atoms with E-state index in [-0.39, 0.29) is 10.3 Å². The first-order valence-corrected chi connectivity index (χ1v) is 7.15. The Morgan fingerprint density at radius 1 is 1.24 bits per heavy atom. The van der Waals surface area contributed by atoms with Crippen LogP contribution in [0.3, 0.4) is 0 Å². The van der Waals surface area contributed by atoms with E-state index in [1.807, 2.05) is 0 Å². The molecule has 0 aliphatic rings. The third kappa shape index (κ3) is 2.36. The number of aromatic amines is 1. The van der Waals surface area contributed by atoms with Crippen molar-refractivity contribution in [2.75, 3.05) is 7.11 Å². The number of methoxy groups -OCH3 is 1. The van der Waals surface area contributed by atoms with Crippen molar-refractivity contribution >= 4 is 39.2 Å². The zero-order valence-corrected chi connectivity index (χ0v) is 13.2. The summed E-state index contributed by atoms with van der Waals surface area (Å²) in [6, 6.07) is 7.35. The summed E-state index contributed by atoms with van der Waals surface area (Å²) in [5.41, 5.74) is 1.15. The Morgan fingerprint density at radius 2 is 2.00 bits per heavy atom. The largest absolute Gasteiger partial charge is 0.495 e. The predicted octanol–water partition coefficient (Wildman–Crippen LogP) is 4.74. The highest BCUT2D eigenvalue weighted by molar-refractivity contribution is 9.10. The molecule has 1 N–H and O–H groups in total. The van der Waals surface area contributed by atoms with Crippen LogP contribution in [0.4, 0.5) is 8.78 Å². The lowest BCUT2D eigenvalue weighted by atomic mass is 10.2. The Bertz CT molecular complexity index is 904. The highest BCUT2D eigenvalue weighted by atomic mass is 79.9. The maximum Gasteiger partial charge on any atom is 0.182 e. The molecule has 3 nitrogen and oxygen atoms in total. The van der Waals surface area contributed by atoms with E-state index in [2.05, 4.69) is 20.9 Å². The quantitative estimate of drug-likeness (QED) is 0.660. The van der Waals surface area contributed by atoms with E-state index < -0.39 is 11.6 Å². The van der Waals surface area contributed by atoms with Crippen LogP contribution in [-0.2, 0) is 0 Å². The zero-order valence-electron chi connectivity index (χ0n) is 10.8. The Balaban J connectivity index is 2.35. The van der Waals surface area contributed by atoms with Crippen molar-refractivity contribution in [2.45, 2.75) is 0 Å². The molecule has 0 fully saturated rings. The van der Waals surface area contributed by atoms with Gasteiger partial charge in [0, 0.05) is 18.2 Å². The normalized spacial score (nSPS) is 11.0. The first kappa shape index (κ1) is 14.2. The lowest BCUT2D eigenvalue weighted by molar-refractivity contribution is 0.412. The number of halogens is 3. The van der Waals surface area contributed by atoms with Crippen LogP contribution < -0.4 is 4.74 Å². The molecular formula is C14H9BrF2N2OS. The summed E-state index contributed by atoms with van der Waals surface area (Å²) in [5, 5.41) is 0. The van der Waals surface area contributed by atoms with Gasteiger partial charge in [-0.05, 0) is 40.3 Å². The first-order chi connectivity index (χ1) is 10.0. The van der Waals surface area contributed by atoms with Crippen molar-refractivity contribution in [1.82, 2.24) is 9.55 Å². The highest BCUT2D eigenvalue weighted by Gasteiger charge is 2.13. The zero-order chi connectivity index (χ0) is 15.1. The lowest BCUT2D eigenvalue weighted by Gasteiger charge is -2.08. The molecule has 1 aromatic heterocycles. The molecule has 0 amide bonds. The third-order valence-electron chi connectivity index (χ3n) is 3.10. The summed E-state index contributed by atoms with van der Waals surface area (Å²) in [4.78, 5) is 2.76. The summed E-state index contributed by atoms with van der Waals surface area (Å²) in [6.07, 6.45) is 0. The van der Waals surface area contributed by atoms with Gasteiger partial charge in [-0.15, -0.1) is 0 Å². The number of hydrogen-bond acceptors (Lipinski definition) is 2. The summed E-state index contributed by atoms with van der Waals surface area (Å²) < 4.78 is 35.1. The minimum absolute atomic E-state index is 0.170. The van der Waals surface area contributed by atoms with Crippen molar-refractivity contribution in [3.63, 3.8) is 0 Å². The van der Waals surface area contributed by atoms with Crippen LogP contribution in [0.5, 0.6) is 5.75 Å². The average molecular weight is 371 g/mol. The topological polar surface area (TPSA) is 29.9 Å². The maximum atomic E-state index is 13.8. The molecule has 21 heavy (non-hydrogen) atoms. The second-order valence-electron chi connectivity index (χ2n) is 4.37. The minimum atomic E-state index is -0.682. The van der Waals surface area contributed by atoms with Crippen LogP contribution in [0, 0.1) is 16.4 Å². The van der Waals surface area contributed by atoms with E-state index in [0.717, 1.165) is 10.5 Å². The van der Waals surface area contributed by atoms with Gasteiger partial charge in [-0.2, -0.15) is 0 Å². The number of nitrogens with one attached hydrogen (secondary N) is 1. The summed E-state index contributed by atoms with van der Waals surface area (Å²) in [6.45, 7) is 0. The van der Waals surface area contributed by atoms with Crippen LogP contribution in [0.1, 0.15) is 0 Å². The van der Waals surface area contributed by atoms with E-state index >= 15 is 0 Å². The number of nitrogens with zero attached hydrogens (tertiary/aromatic N) is 1. The fourth-order valence-electron chi connectivity index (χ4n) is 2.18. The van der Waals surface area contributed by atoms with Crippen LogP contribution in [0.2, 0.25) is 0 Å². The Hall–Kier alpha value is -1.73. The summed E-state index contributed by atoms with van der Waals surface area (Å²) in [7, 11) is 1.54. The van der Waals surface area contributed by atoms with Crippen molar-refractivity contribution in [1.29, 1.82) is 0 Å². The monoisotopic (exact) mass is 370 g/mol. The van der Waals surface area contributed by atoms with Crippen LogP contribution in [0.25, 0.3) is 16.7 Å². The summed E-state index contributed by atoms with van der Waals surface area (Å²) >= 11 is 8.57. The van der Waals surface area contributed by atoms with Gasteiger partial charge in [-0.25, -0.2) is 8.78 Å². The molecule has 0 aliphatic carbocycles. The second-order valence-corrected chi connectivity index (χ2v) is 5.61. The Kier molecular flexibility index (Phi) is 3.54. The van der Waals surface area contributed by atoms with Gasteiger partial charge in [0.1, 0.15) is 17.1 Å². The molecular weight excluding hydrogens is 362 g/mol. The van der Waals surface area contributed by atoms with E-state index in [9.17, 15) is 8.78 Å². The molecule has 0 radical (unpaired) electrons. The lowest BCUT2D eigenvalue weighted by Crippen LogP contribution is -1.96. The number of H-pyrrole nitrogens is 1. The summed E-state index contributed by atoms with van der Waals surface area (Å²) in [5.74, 6) is -0.744. The first-order valence-electron chi connectivity index (χ1n) is 5.95. The molecule has 0 atom stereocenters.